The molecule has 1 heterocycles. The van der Waals surface area contributed by atoms with Gasteiger partial charge in [0.15, 0.2) is 0 Å². The molecule has 1 aromatic heterocycles. The number of hydrogen-bond donors (Lipinski definition) is 2. The van der Waals surface area contributed by atoms with Gasteiger partial charge in [-0.05, 0) is 55.2 Å². The maximum absolute atomic E-state index is 8.33. The highest BCUT2D eigenvalue weighted by Gasteiger charge is 2.08. The highest BCUT2D eigenvalue weighted by Crippen LogP contribution is 2.24. The van der Waals surface area contributed by atoms with E-state index in [1.165, 1.54) is 0 Å². The predicted octanol–water partition coefficient (Wildman–Crippen LogP) is 6.80. The maximum atomic E-state index is 8.33. The molecule has 5 heteroatoms. The molecule has 0 spiro atoms. The maximum Gasteiger partial charge on any atom is 0.0705 e. The van der Waals surface area contributed by atoms with Gasteiger partial charge >= 0.3 is 0 Å². The summed E-state index contributed by atoms with van der Waals surface area (Å²) in [6.45, 7) is 16.4. The van der Waals surface area contributed by atoms with Gasteiger partial charge < -0.3 is 15.1 Å². The van der Waals surface area contributed by atoms with Crippen LogP contribution in [0.15, 0.2) is 72.4 Å². The molecule has 0 aliphatic heterocycles. The minimum atomic E-state index is 0.330. The number of nitrogens with zero attached hydrogens (tertiary/aromatic N) is 3. The lowest BCUT2D eigenvalue weighted by Gasteiger charge is -2.11. The van der Waals surface area contributed by atoms with E-state index < -0.39 is 0 Å². The van der Waals surface area contributed by atoms with E-state index in [-0.39, 0.29) is 0 Å². The molecule has 0 fully saturated rings. The van der Waals surface area contributed by atoms with Crippen molar-refractivity contribution in [1.82, 2.24) is 9.88 Å². The summed E-state index contributed by atoms with van der Waals surface area (Å²) in [4.78, 5) is 11.2. The third-order valence-corrected chi connectivity index (χ3v) is 5.04. The van der Waals surface area contributed by atoms with Crippen LogP contribution >= 0.6 is 0 Å². The third-order valence-electron chi connectivity index (χ3n) is 5.04. The first-order chi connectivity index (χ1) is 17.3. The van der Waals surface area contributed by atoms with Crippen molar-refractivity contribution in [2.75, 3.05) is 34.9 Å². The molecule has 0 bridgehead atoms. The molecule has 0 saturated heterocycles. The fourth-order valence-corrected chi connectivity index (χ4v) is 2.95. The number of aliphatic hydroxyl groups excluding tert-OH is 2. The van der Waals surface area contributed by atoms with Gasteiger partial charge in [-0.2, -0.15) is 0 Å². The average molecular weight is 496 g/mol. The van der Waals surface area contributed by atoms with E-state index in [1.54, 1.807) is 7.05 Å². The summed E-state index contributed by atoms with van der Waals surface area (Å²) in [5.74, 6) is 0.491. The van der Waals surface area contributed by atoms with Gasteiger partial charge in [0.05, 0.1) is 11.4 Å². The van der Waals surface area contributed by atoms with Crippen molar-refractivity contribution in [3.8, 4) is 11.3 Å². The largest absolute Gasteiger partial charge is 0.400 e. The standard InChI is InChI=1S/C23H27N3.C5H12O.C2H6.CH4O/c1-7-10-23(24-4)21-13-14-22(25-17(21)3)20-12-9-11-19(15-20)18(8-2)16-26(5)6;1-3-5(2)4-6;2*1-2/h7-16H,2H2,1,3-6H3;5-6H,3-4H2,1-2H3;1-2H3;2H,1H3/b10-7-,18-16+,24-23?;;;. The zero-order valence-electron chi connectivity index (χ0n) is 24.2. The van der Waals surface area contributed by atoms with E-state index >= 15 is 0 Å². The van der Waals surface area contributed by atoms with Gasteiger partial charge in [-0.25, -0.2) is 0 Å². The van der Waals surface area contributed by atoms with E-state index in [2.05, 4.69) is 61.1 Å². The number of rotatable bonds is 8. The Kier molecular flexibility index (Phi) is 20.8. The number of hydrogen-bond acceptors (Lipinski definition) is 5. The van der Waals surface area contributed by atoms with Crippen LogP contribution in [0.5, 0.6) is 0 Å². The minimum Gasteiger partial charge on any atom is -0.400 e. The molecule has 0 aliphatic carbocycles. The van der Waals surface area contributed by atoms with Crippen molar-refractivity contribution in [1.29, 1.82) is 0 Å². The van der Waals surface area contributed by atoms with Crippen LogP contribution in [0, 0.1) is 12.8 Å². The molecule has 2 rings (SSSR count). The van der Waals surface area contributed by atoms with Gasteiger partial charge in [-0.3, -0.25) is 9.98 Å². The van der Waals surface area contributed by atoms with Crippen molar-refractivity contribution >= 4 is 11.3 Å². The molecular weight excluding hydrogens is 446 g/mol. The molecule has 0 aliphatic rings. The smallest absolute Gasteiger partial charge is 0.0705 e. The Balaban J connectivity index is 0. The summed E-state index contributed by atoms with van der Waals surface area (Å²) >= 11 is 0. The van der Waals surface area contributed by atoms with Crippen LogP contribution < -0.4 is 0 Å². The highest BCUT2D eigenvalue weighted by atomic mass is 16.3. The SMILES string of the molecule is C=C/C(=C\N(C)C)c1cccc(-c2ccc(C(/C=C\C)=NC)c(C)n2)c1.CC.CCC(C)CO.CO. The topological polar surface area (TPSA) is 69.0 Å². The molecule has 2 aromatic rings. The van der Waals surface area contributed by atoms with Gasteiger partial charge in [-0.15, -0.1) is 0 Å². The zero-order chi connectivity index (χ0) is 28.1. The van der Waals surface area contributed by atoms with Crippen LogP contribution in [0.4, 0.5) is 0 Å². The summed E-state index contributed by atoms with van der Waals surface area (Å²) in [5, 5.41) is 15.3. The summed E-state index contributed by atoms with van der Waals surface area (Å²) < 4.78 is 0. The van der Waals surface area contributed by atoms with Gasteiger partial charge in [-0.1, -0.05) is 71.0 Å². The van der Waals surface area contributed by atoms with Crippen molar-refractivity contribution in [3.63, 3.8) is 0 Å². The quantitative estimate of drug-likeness (QED) is 0.312. The van der Waals surface area contributed by atoms with Crippen molar-refractivity contribution in [2.45, 2.75) is 48.0 Å². The fourth-order valence-electron chi connectivity index (χ4n) is 2.95. The Hall–Kier alpha value is -3.02. The Labute approximate surface area is 220 Å². The van der Waals surface area contributed by atoms with Crippen LogP contribution in [-0.2, 0) is 0 Å². The molecule has 0 saturated carbocycles. The number of aliphatic imine (C=N–C) groups is 1. The van der Waals surface area contributed by atoms with E-state index in [4.69, 9.17) is 15.2 Å². The van der Waals surface area contributed by atoms with Gasteiger partial charge in [0.25, 0.3) is 0 Å². The van der Waals surface area contributed by atoms with Crippen LogP contribution in [0.2, 0.25) is 0 Å². The second-order valence-corrected chi connectivity index (χ2v) is 7.97. The van der Waals surface area contributed by atoms with Crippen LogP contribution in [-0.4, -0.2) is 60.7 Å². The molecule has 1 atom stereocenters. The number of aromatic nitrogens is 1. The fraction of sp³-hybridized carbons (Fsp3) is 0.419. The van der Waals surface area contributed by atoms with E-state index in [1.807, 2.05) is 71.8 Å². The van der Waals surface area contributed by atoms with Crippen molar-refractivity contribution < 1.29 is 10.2 Å². The molecule has 36 heavy (non-hydrogen) atoms. The first-order valence-electron chi connectivity index (χ1n) is 12.6. The van der Waals surface area contributed by atoms with Crippen molar-refractivity contribution in [2.24, 2.45) is 10.9 Å². The Bertz CT molecular complexity index is 956. The summed E-state index contributed by atoms with van der Waals surface area (Å²) in [7, 11) is 6.82. The Morgan fingerprint density at radius 2 is 1.81 bits per heavy atom. The molecule has 1 unspecified atom stereocenters. The minimum absolute atomic E-state index is 0.330. The third kappa shape index (κ3) is 12.6. The molecule has 1 aromatic carbocycles. The van der Waals surface area contributed by atoms with E-state index in [0.29, 0.717) is 12.5 Å². The van der Waals surface area contributed by atoms with Gasteiger partial charge in [0.2, 0.25) is 0 Å². The second-order valence-electron chi connectivity index (χ2n) is 7.97. The average Bonchev–Trinajstić information content (AvgIpc) is 2.92. The molecular formula is C31H49N3O2. The first-order valence-corrected chi connectivity index (χ1v) is 12.6. The Morgan fingerprint density at radius 3 is 2.22 bits per heavy atom. The molecule has 0 radical (unpaired) electrons. The predicted molar refractivity (Wildman–Crippen MR) is 160 cm³/mol. The lowest BCUT2D eigenvalue weighted by molar-refractivity contribution is 0.234. The monoisotopic (exact) mass is 495 g/mol. The van der Waals surface area contributed by atoms with Crippen molar-refractivity contribution in [3.05, 3.63) is 84.2 Å². The van der Waals surface area contributed by atoms with Crippen LogP contribution in [0.1, 0.15) is 57.9 Å². The number of aryl methyl sites for hydroxylation is 1. The normalized spacial score (nSPS) is 11.8. The number of benzene rings is 1. The van der Waals surface area contributed by atoms with E-state index in [0.717, 1.165) is 52.9 Å². The van der Waals surface area contributed by atoms with Gasteiger partial charge in [0.1, 0.15) is 0 Å². The molecule has 0 amide bonds. The molecule has 200 valence electrons. The van der Waals surface area contributed by atoms with Gasteiger partial charge in [0, 0.05) is 57.9 Å². The Morgan fingerprint density at radius 1 is 1.17 bits per heavy atom. The van der Waals surface area contributed by atoms with E-state index in [9.17, 15) is 0 Å². The molecule has 5 nitrogen and oxygen atoms in total. The first kappa shape index (κ1) is 35.1. The summed E-state index contributed by atoms with van der Waals surface area (Å²) in [6, 6.07) is 12.5. The summed E-state index contributed by atoms with van der Waals surface area (Å²) in [5.41, 5.74) is 7.23. The van der Waals surface area contributed by atoms with Crippen LogP contribution in [0.3, 0.4) is 0 Å². The number of allylic oxidation sites excluding steroid dienone is 4. The lowest BCUT2D eigenvalue weighted by Crippen LogP contribution is -2.03. The second kappa shape index (κ2) is 21.3. The number of aliphatic hydroxyl groups is 2. The number of pyridine rings is 1. The molecule has 2 N–H and O–H groups in total. The lowest BCUT2D eigenvalue weighted by atomic mass is 10.0. The van der Waals surface area contributed by atoms with Crippen LogP contribution in [0.25, 0.3) is 16.8 Å². The highest BCUT2D eigenvalue weighted by molar-refractivity contribution is 6.09. The summed E-state index contributed by atoms with van der Waals surface area (Å²) in [6.07, 6.45) is 9.02. The zero-order valence-corrected chi connectivity index (χ0v) is 24.2.